The standard InChI is InChI=1S/C12H26P.Ni/c1-4-6-8-11(3)10-12(13)9-7-5-2;/h11-12H,1,4-10,13H2,2-3H3;/q-1;. The molecule has 3 unspecified atom stereocenters. The van der Waals surface area contributed by atoms with Crippen LogP contribution in [0.4, 0.5) is 0 Å². The Bertz CT molecular complexity index is 94.5. The number of hydrogen-bond acceptors (Lipinski definition) is 0. The largest absolute Gasteiger partial charge is 0.343 e. The Morgan fingerprint density at radius 2 is 1.86 bits per heavy atom. The van der Waals surface area contributed by atoms with E-state index in [0.29, 0.717) is 0 Å². The van der Waals surface area contributed by atoms with E-state index >= 15 is 0 Å². The van der Waals surface area contributed by atoms with Crippen LogP contribution in [0.1, 0.15) is 58.8 Å². The topological polar surface area (TPSA) is 0 Å². The van der Waals surface area contributed by atoms with Crippen molar-refractivity contribution in [3.63, 3.8) is 0 Å². The van der Waals surface area contributed by atoms with Gasteiger partial charge in [-0.05, 0) is 24.4 Å². The monoisotopic (exact) mass is 259 g/mol. The molecule has 0 aromatic heterocycles. The summed E-state index contributed by atoms with van der Waals surface area (Å²) in [6, 6.07) is 0. The molecule has 2 heteroatoms. The van der Waals surface area contributed by atoms with Crippen LogP contribution in [0.5, 0.6) is 0 Å². The Hall–Kier alpha value is 0.924. The quantitative estimate of drug-likeness (QED) is 0.343. The van der Waals surface area contributed by atoms with Gasteiger partial charge < -0.3 is 6.92 Å². The van der Waals surface area contributed by atoms with Crippen molar-refractivity contribution in [1.29, 1.82) is 0 Å². The van der Waals surface area contributed by atoms with Gasteiger partial charge in [0.05, 0.1) is 0 Å². The fraction of sp³-hybridized carbons (Fsp3) is 0.917. The minimum absolute atomic E-state index is 0. The fourth-order valence-corrected chi connectivity index (χ4v) is 2.41. The van der Waals surface area contributed by atoms with Gasteiger partial charge in [0.1, 0.15) is 0 Å². The van der Waals surface area contributed by atoms with E-state index in [0.717, 1.165) is 18.0 Å². The molecule has 0 saturated carbocycles. The van der Waals surface area contributed by atoms with Crippen molar-refractivity contribution in [2.75, 3.05) is 0 Å². The van der Waals surface area contributed by atoms with Gasteiger partial charge in [-0.3, -0.25) is 0 Å². The van der Waals surface area contributed by atoms with E-state index in [4.69, 9.17) is 0 Å². The predicted molar refractivity (Wildman–Crippen MR) is 66.0 cm³/mol. The average molecular weight is 260 g/mol. The smallest absolute Gasteiger partial charge is 0 e. The first-order chi connectivity index (χ1) is 6.20. The van der Waals surface area contributed by atoms with Gasteiger partial charge in [-0.15, -0.1) is 9.24 Å². The van der Waals surface area contributed by atoms with Crippen LogP contribution in [-0.4, -0.2) is 5.66 Å². The minimum Gasteiger partial charge on any atom is -0.343 e. The summed E-state index contributed by atoms with van der Waals surface area (Å²) in [5.41, 5.74) is 0.847. The van der Waals surface area contributed by atoms with Crippen LogP contribution in [0.15, 0.2) is 0 Å². The van der Waals surface area contributed by atoms with Crippen LogP contribution in [0, 0.1) is 12.8 Å². The molecule has 0 aromatic carbocycles. The first-order valence-corrected chi connectivity index (χ1v) is 6.42. The van der Waals surface area contributed by atoms with E-state index in [1.54, 1.807) is 0 Å². The molecule has 0 aliphatic rings. The average Bonchev–Trinajstić information content (AvgIpc) is 2.11. The van der Waals surface area contributed by atoms with E-state index < -0.39 is 0 Å². The van der Waals surface area contributed by atoms with Crippen molar-refractivity contribution in [2.45, 2.75) is 64.5 Å². The maximum Gasteiger partial charge on any atom is 0 e. The zero-order chi connectivity index (χ0) is 10.1. The summed E-state index contributed by atoms with van der Waals surface area (Å²) in [5, 5.41) is 0. The maximum atomic E-state index is 3.88. The van der Waals surface area contributed by atoms with E-state index in [1.807, 2.05) is 0 Å². The predicted octanol–water partition coefficient (Wildman–Crippen LogP) is 4.45. The van der Waals surface area contributed by atoms with E-state index in [2.05, 4.69) is 30.0 Å². The van der Waals surface area contributed by atoms with Crippen LogP contribution in [0.25, 0.3) is 0 Å². The molecule has 0 aliphatic heterocycles. The van der Waals surface area contributed by atoms with Crippen molar-refractivity contribution in [1.82, 2.24) is 0 Å². The first kappa shape index (κ1) is 17.3. The second-order valence-electron chi connectivity index (χ2n) is 4.24. The summed E-state index contributed by atoms with van der Waals surface area (Å²) in [5.74, 6) is 0.890. The van der Waals surface area contributed by atoms with E-state index in [1.165, 1.54) is 38.5 Å². The van der Waals surface area contributed by atoms with Crippen LogP contribution >= 0.6 is 9.24 Å². The van der Waals surface area contributed by atoms with Gasteiger partial charge in [0.15, 0.2) is 0 Å². The fourth-order valence-electron chi connectivity index (χ4n) is 1.71. The van der Waals surface area contributed by atoms with Crippen molar-refractivity contribution in [3.05, 3.63) is 6.92 Å². The molecule has 0 radical (unpaired) electrons. The summed E-state index contributed by atoms with van der Waals surface area (Å²) in [7, 11) is 3.00. The molecule has 0 saturated heterocycles. The Labute approximate surface area is 103 Å². The zero-order valence-electron chi connectivity index (χ0n) is 9.71. The van der Waals surface area contributed by atoms with Crippen molar-refractivity contribution in [2.24, 2.45) is 5.92 Å². The van der Waals surface area contributed by atoms with Crippen LogP contribution in [-0.2, 0) is 16.5 Å². The minimum atomic E-state index is 0. The molecule has 0 amide bonds. The third kappa shape index (κ3) is 11.0. The molecule has 0 rings (SSSR count). The van der Waals surface area contributed by atoms with Gasteiger partial charge in [-0.2, -0.15) is 6.42 Å². The Balaban J connectivity index is 0. The summed E-state index contributed by atoms with van der Waals surface area (Å²) in [6.07, 6.45) is 9.24. The van der Waals surface area contributed by atoms with Crippen LogP contribution in [0.2, 0.25) is 0 Å². The van der Waals surface area contributed by atoms with Crippen molar-refractivity contribution in [3.8, 4) is 0 Å². The molecule has 0 aromatic rings. The molecule has 0 heterocycles. The van der Waals surface area contributed by atoms with Crippen molar-refractivity contribution < 1.29 is 16.5 Å². The van der Waals surface area contributed by atoms with E-state index in [-0.39, 0.29) is 16.5 Å². The second-order valence-corrected chi connectivity index (χ2v) is 5.18. The van der Waals surface area contributed by atoms with Gasteiger partial charge in [0.25, 0.3) is 0 Å². The third-order valence-corrected chi connectivity index (χ3v) is 3.19. The number of hydrogen-bond donors (Lipinski definition) is 0. The number of unbranched alkanes of at least 4 members (excludes halogenated alkanes) is 2. The van der Waals surface area contributed by atoms with Crippen molar-refractivity contribution >= 4 is 9.24 Å². The SMILES string of the molecule is [CH2-]CCCC(C)CC(P)CCCC.[Ni]. The molecular weight excluding hydrogens is 234 g/mol. The molecule has 0 N–H and O–H groups in total. The summed E-state index contributed by atoms with van der Waals surface area (Å²) < 4.78 is 0. The molecule has 0 bridgehead atoms. The molecule has 0 fully saturated rings. The molecular formula is C12H26NiP-. The van der Waals surface area contributed by atoms with Gasteiger partial charge >= 0.3 is 0 Å². The van der Waals surface area contributed by atoms with Gasteiger partial charge in [-0.25, -0.2) is 0 Å². The maximum absolute atomic E-state index is 3.88. The molecule has 3 atom stereocenters. The van der Waals surface area contributed by atoms with Gasteiger partial charge in [-0.1, -0.05) is 39.5 Å². The molecule has 0 spiro atoms. The third-order valence-electron chi connectivity index (χ3n) is 2.58. The van der Waals surface area contributed by atoms with Crippen LogP contribution in [0.3, 0.4) is 0 Å². The Kier molecular flexibility index (Phi) is 14.8. The first-order valence-electron chi connectivity index (χ1n) is 5.75. The van der Waals surface area contributed by atoms with E-state index in [9.17, 15) is 0 Å². The van der Waals surface area contributed by atoms with Gasteiger partial charge in [0, 0.05) is 16.5 Å². The zero-order valence-corrected chi connectivity index (χ0v) is 11.8. The summed E-state index contributed by atoms with van der Waals surface area (Å²) in [6.45, 7) is 8.52. The summed E-state index contributed by atoms with van der Waals surface area (Å²) >= 11 is 0. The molecule has 0 aliphatic carbocycles. The molecule has 14 heavy (non-hydrogen) atoms. The Morgan fingerprint density at radius 1 is 1.21 bits per heavy atom. The molecule has 0 nitrogen and oxygen atoms in total. The Morgan fingerprint density at radius 3 is 2.36 bits per heavy atom. The van der Waals surface area contributed by atoms with Crippen LogP contribution < -0.4 is 0 Å². The second kappa shape index (κ2) is 12.0. The molecule has 90 valence electrons. The normalized spacial score (nSPS) is 14.6. The number of rotatable bonds is 8. The van der Waals surface area contributed by atoms with Gasteiger partial charge in [0.2, 0.25) is 0 Å². The summed E-state index contributed by atoms with van der Waals surface area (Å²) in [4.78, 5) is 0.